The van der Waals surface area contributed by atoms with Crippen molar-refractivity contribution >= 4 is 45.7 Å². The number of anilines is 1. The Labute approximate surface area is 215 Å². The summed E-state index contributed by atoms with van der Waals surface area (Å²) in [6.07, 6.45) is 2.98. The number of phenols is 1. The first-order chi connectivity index (χ1) is 17.4. The summed E-state index contributed by atoms with van der Waals surface area (Å²) in [6.45, 7) is 2.03. The minimum absolute atomic E-state index is 0.0375. The molecule has 0 aliphatic carbocycles. The lowest BCUT2D eigenvalue weighted by Crippen LogP contribution is -2.29. The predicted molar refractivity (Wildman–Crippen MR) is 138 cm³/mol. The monoisotopic (exact) mass is 516 g/mol. The SMILES string of the molecule is Cc1ccc(CSc2nnc(N3C(=O)C(=O)/C(=C(/O)c4ccncc4)C3c3ccc(O)cc3)s2)cc1. The molecule has 0 radical (unpaired) electrons. The number of nitrogens with zero attached hydrogens (tertiary/aromatic N) is 4. The van der Waals surface area contributed by atoms with Crippen LogP contribution in [0.2, 0.25) is 0 Å². The Kier molecular flexibility index (Phi) is 6.53. The van der Waals surface area contributed by atoms with Gasteiger partial charge in [0.1, 0.15) is 11.5 Å². The molecule has 8 nitrogen and oxygen atoms in total. The molecule has 2 N–H and O–H groups in total. The number of benzene rings is 2. The fourth-order valence-corrected chi connectivity index (χ4v) is 5.68. The van der Waals surface area contributed by atoms with Crippen molar-refractivity contribution in [2.45, 2.75) is 23.1 Å². The number of hydrogen-bond donors (Lipinski definition) is 2. The first kappa shape index (κ1) is 23.7. The summed E-state index contributed by atoms with van der Waals surface area (Å²) in [7, 11) is 0. The highest BCUT2D eigenvalue weighted by Crippen LogP contribution is 2.44. The first-order valence-corrected chi connectivity index (χ1v) is 12.7. The van der Waals surface area contributed by atoms with Crippen LogP contribution in [-0.4, -0.2) is 37.1 Å². The maximum absolute atomic E-state index is 13.2. The number of aromatic nitrogens is 3. The molecule has 0 saturated carbocycles. The molecule has 0 spiro atoms. The number of hydrogen-bond acceptors (Lipinski definition) is 9. The quantitative estimate of drug-likeness (QED) is 0.123. The molecule has 1 aliphatic rings. The van der Waals surface area contributed by atoms with E-state index in [0.717, 1.165) is 5.56 Å². The number of Topliss-reactive ketones (excluding diaryl/α,β-unsaturated/α-hetero) is 1. The van der Waals surface area contributed by atoms with Gasteiger partial charge in [0, 0.05) is 23.7 Å². The maximum Gasteiger partial charge on any atom is 0.301 e. The topological polar surface area (TPSA) is 117 Å². The van der Waals surface area contributed by atoms with Gasteiger partial charge in [-0.3, -0.25) is 19.5 Å². The van der Waals surface area contributed by atoms with Gasteiger partial charge in [-0.1, -0.05) is 65.1 Å². The summed E-state index contributed by atoms with van der Waals surface area (Å²) in [6, 6.07) is 16.5. The van der Waals surface area contributed by atoms with E-state index in [1.807, 2.05) is 31.2 Å². The van der Waals surface area contributed by atoms with Crippen molar-refractivity contribution in [2.24, 2.45) is 0 Å². The molecule has 3 heterocycles. The van der Waals surface area contributed by atoms with E-state index in [1.54, 1.807) is 24.3 Å². The number of carbonyl (C=O) groups is 2. The number of aliphatic hydroxyl groups excluding tert-OH is 1. The number of ketones is 1. The number of rotatable bonds is 6. The molecule has 2 aromatic carbocycles. The van der Waals surface area contributed by atoms with E-state index in [4.69, 9.17) is 0 Å². The van der Waals surface area contributed by atoms with Crippen LogP contribution in [0.5, 0.6) is 5.75 Å². The third kappa shape index (κ3) is 4.60. The van der Waals surface area contributed by atoms with Crippen LogP contribution in [0.25, 0.3) is 5.76 Å². The van der Waals surface area contributed by atoms with Crippen LogP contribution in [0.3, 0.4) is 0 Å². The molecule has 1 atom stereocenters. The average Bonchev–Trinajstić information content (AvgIpc) is 3.46. The molecule has 2 aromatic heterocycles. The van der Waals surface area contributed by atoms with Crippen molar-refractivity contribution in [3.8, 4) is 5.75 Å². The zero-order chi connectivity index (χ0) is 25.2. The number of aliphatic hydroxyl groups is 1. The Hall–Kier alpha value is -4.02. The second-order valence-corrected chi connectivity index (χ2v) is 10.3. The number of amides is 1. The fraction of sp³-hybridized carbons (Fsp3) is 0.115. The highest BCUT2D eigenvalue weighted by Gasteiger charge is 2.48. The molecule has 4 aromatic rings. The normalized spacial score (nSPS) is 17.0. The number of phenolic OH excluding ortho intramolecular Hbond substituents is 1. The van der Waals surface area contributed by atoms with Crippen molar-refractivity contribution in [1.82, 2.24) is 15.2 Å². The lowest BCUT2D eigenvalue weighted by atomic mass is 9.95. The van der Waals surface area contributed by atoms with E-state index in [9.17, 15) is 19.8 Å². The highest BCUT2D eigenvalue weighted by molar-refractivity contribution is 8.00. The second-order valence-electron chi connectivity index (χ2n) is 8.12. The zero-order valence-electron chi connectivity index (χ0n) is 19.0. The Morgan fingerprint density at radius 1 is 1.00 bits per heavy atom. The Bertz CT molecular complexity index is 1450. The molecule has 1 fully saturated rings. The van der Waals surface area contributed by atoms with Crippen molar-refractivity contribution in [2.75, 3.05) is 4.90 Å². The molecule has 1 aliphatic heterocycles. The summed E-state index contributed by atoms with van der Waals surface area (Å²) < 4.78 is 0.645. The smallest absolute Gasteiger partial charge is 0.301 e. The number of pyridine rings is 1. The lowest BCUT2D eigenvalue weighted by Gasteiger charge is -2.22. The first-order valence-electron chi connectivity index (χ1n) is 10.9. The maximum atomic E-state index is 13.2. The van der Waals surface area contributed by atoms with Crippen LogP contribution in [0.1, 0.15) is 28.3 Å². The molecule has 0 bridgehead atoms. The number of aryl methyl sites for hydroxylation is 1. The summed E-state index contributed by atoms with van der Waals surface area (Å²) in [5.41, 5.74) is 3.13. The minimum atomic E-state index is -0.943. The molecular formula is C26H20N4O4S2. The average molecular weight is 517 g/mol. The van der Waals surface area contributed by atoms with Gasteiger partial charge in [-0.2, -0.15) is 0 Å². The van der Waals surface area contributed by atoms with Crippen molar-refractivity contribution in [1.29, 1.82) is 0 Å². The summed E-state index contributed by atoms with van der Waals surface area (Å²) in [5.74, 6) is -1.23. The fourth-order valence-electron chi connectivity index (χ4n) is 3.85. The van der Waals surface area contributed by atoms with Crippen LogP contribution in [0.15, 0.2) is 83.0 Å². The minimum Gasteiger partial charge on any atom is -0.508 e. The number of thioether (sulfide) groups is 1. The Morgan fingerprint density at radius 2 is 1.69 bits per heavy atom. The van der Waals surface area contributed by atoms with Crippen molar-refractivity contribution < 1.29 is 19.8 Å². The molecule has 36 heavy (non-hydrogen) atoms. The van der Waals surface area contributed by atoms with Gasteiger partial charge in [-0.15, -0.1) is 10.2 Å². The van der Waals surface area contributed by atoms with Gasteiger partial charge in [-0.25, -0.2) is 0 Å². The van der Waals surface area contributed by atoms with Gasteiger partial charge < -0.3 is 10.2 Å². The van der Waals surface area contributed by atoms with Gasteiger partial charge >= 0.3 is 5.91 Å². The van der Waals surface area contributed by atoms with Crippen LogP contribution in [0, 0.1) is 6.92 Å². The van der Waals surface area contributed by atoms with Gasteiger partial charge in [0.15, 0.2) is 4.34 Å². The zero-order valence-corrected chi connectivity index (χ0v) is 20.7. The Balaban J connectivity index is 1.52. The molecule has 1 saturated heterocycles. The van der Waals surface area contributed by atoms with Crippen LogP contribution >= 0.6 is 23.1 Å². The van der Waals surface area contributed by atoms with E-state index in [0.29, 0.717) is 21.2 Å². The van der Waals surface area contributed by atoms with Crippen LogP contribution in [-0.2, 0) is 15.3 Å². The van der Waals surface area contributed by atoms with Crippen molar-refractivity contribution in [3.05, 3.63) is 101 Å². The molecule has 180 valence electrons. The summed E-state index contributed by atoms with van der Waals surface area (Å²) >= 11 is 2.68. The predicted octanol–water partition coefficient (Wildman–Crippen LogP) is 4.87. The standard InChI is InChI=1S/C26H20N4O4S2/c1-15-2-4-16(5-3-15)14-35-26-29-28-25(36-26)30-21(17-6-8-19(31)9-7-17)20(23(33)24(30)34)22(32)18-10-12-27-13-11-18/h2-13,21,31-32H,14H2,1H3/b22-20+. The van der Waals surface area contributed by atoms with E-state index < -0.39 is 17.7 Å². The van der Waals surface area contributed by atoms with Gasteiger partial charge in [0.2, 0.25) is 5.13 Å². The van der Waals surface area contributed by atoms with E-state index in [-0.39, 0.29) is 22.2 Å². The lowest BCUT2D eigenvalue weighted by molar-refractivity contribution is -0.132. The van der Waals surface area contributed by atoms with Gasteiger partial charge in [0.25, 0.3) is 5.78 Å². The number of aromatic hydroxyl groups is 1. The molecule has 1 unspecified atom stereocenters. The highest BCUT2D eigenvalue weighted by atomic mass is 32.2. The van der Waals surface area contributed by atoms with E-state index in [2.05, 4.69) is 15.2 Å². The molecular weight excluding hydrogens is 496 g/mol. The molecule has 1 amide bonds. The largest absolute Gasteiger partial charge is 0.508 e. The summed E-state index contributed by atoms with van der Waals surface area (Å²) in [5, 5.41) is 29.5. The molecule has 5 rings (SSSR count). The van der Waals surface area contributed by atoms with Crippen molar-refractivity contribution in [3.63, 3.8) is 0 Å². The third-order valence-corrected chi connectivity index (χ3v) is 7.82. The van der Waals surface area contributed by atoms with Gasteiger partial charge in [-0.05, 0) is 42.3 Å². The van der Waals surface area contributed by atoms with E-state index >= 15 is 0 Å². The van der Waals surface area contributed by atoms with Crippen LogP contribution in [0.4, 0.5) is 5.13 Å². The second kappa shape index (κ2) is 9.92. The third-order valence-electron chi connectivity index (χ3n) is 5.69. The van der Waals surface area contributed by atoms with E-state index in [1.165, 1.54) is 58.1 Å². The molecule has 10 heteroatoms. The Morgan fingerprint density at radius 3 is 2.39 bits per heavy atom. The number of carbonyl (C=O) groups excluding carboxylic acids is 2. The summed E-state index contributed by atoms with van der Waals surface area (Å²) in [4.78, 5) is 31.6. The van der Waals surface area contributed by atoms with Gasteiger partial charge in [0.05, 0.1) is 11.6 Å². The van der Waals surface area contributed by atoms with Crippen LogP contribution < -0.4 is 4.90 Å².